The van der Waals surface area contributed by atoms with Crippen molar-refractivity contribution in [2.75, 3.05) is 19.0 Å². The molecular formula is C31H52ClN3O2. The van der Waals surface area contributed by atoms with Crippen molar-refractivity contribution in [1.29, 1.82) is 0 Å². The summed E-state index contributed by atoms with van der Waals surface area (Å²) >= 11 is 5.78. The molecule has 0 aromatic carbocycles. The number of nitrogens with one attached hydrogen (secondary N) is 1. The summed E-state index contributed by atoms with van der Waals surface area (Å²) in [7, 11) is 0. The maximum atomic E-state index is 12.7. The standard InChI is InChI=1S/C31H52ClN3O2/c1-21(2)9-8-10-22(3)25-12-13-26-28-23(20-33-29(36)35(34-37)18-17-32)19-24-11-6-7-15-30(24,4)27(28)14-16-31(25,26)5/h19,21-23,25-28H,6-18,20H2,1-5H3,(H,33,36)/t22-,23+,25-,26+,27+,28+,30+,31-/m1/s1. The molecule has 4 aliphatic rings. The predicted molar refractivity (Wildman–Crippen MR) is 153 cm³/mol. The highest BCUT2D eigenvalue weighted by molar-refractivity contribution is 6.18. The van der Waals surface area contributed by atoms with Crippen molar-refractivity contribution in [1.82, 2.24) is 10.3 Å². The van der Waals surface area contributed by atoms with Crippen LogP contribution in [0.1, 0.15) is 105 Å². The minimum atomic E-state index is -0.413. The normalized spacial score (nSPS) is 37.7. The second-order valence-corrected chi connectivity index (χ2v) is 14.3. The molecule has 8 atom stereocenters. The lowest BCUT2D eigenvalue weighted by atomic mass is 9.45. The number of carbonyl (C=O) groups excluding carboxylic acids is 1. The number of rotatable bonds is 10. The van der Waals surface area contributed by atoms with E-state index in [-0.39, 0.29) is 12.4 Å². The van der Waals surface area contributed by atoms with Crippen LogP contribution in [0.5, 0.6) is 0 Å². The van der Waals surface area contributed by atoms with Crippen molar-refractivity contribution in [3.63, 3.8) is 0 Å². The SMILES string of the molecule is CC(C)CCC[C@@H](C)[C@H]1CC[C@H]2[C@@H]3[C@H](CNC(=O)N(CCCl)N=O)C=C4CCCC[C@]4(C)[C@H]3CC[C@]12C. The van der Waals surface area contributed by atoms with Gasteiger partial charge in [-0.1, -0.05) is 72.0 Å². The number of urea groups is 1. The molecule has 0 aromatic heterocycles. The van der Waals surface area contributed by atoms with Crippen LogP contribution in [-0.4, -0.2) is 30.0 Å². The first-order chi connectivity index (χ1) is 17.7. The maximum absolute atomic E-state index is 12.7. The summed E-state index contributed by atoms with van der Waals surface area (Å²) in [4.78, 5) is 23.9. The van der Waals surface area contributed by atoms with Gasteiger partial charge in [0, 0.05) is 12.4 Å². The fourth-order valence-corrected chi connectivity index (χ4v) is 9.79. The van der Waals surface area contributed by atoms with Crippen LogP contribution in [-0.2, 0) is 0 Å². The topological polar surface area (TPSA) is 61.8 Å². The lowest BCUT2D eigenvalue weighted by molar-refractivity contribution is -0.0688. The molecular weight excluding hydrogens is 482 g/mol. The van der Waals surface area contributed by atoms with Gasteiger partial charge in [-0.2, -0.15) is 5.01 Å². The van der Waals surface area contributed by atoms with Gasteiger partial charge in [0.2, 0.25) is 0 Å². The first-order valence-electron chi connectivity index (χ1n) is 15.3. The van der Waals surface area contributed by atoms with Gasteiger partial charge in [-0.15, -0.1) is 16.5 Å². The third kappa shape index (κ3) is 5.63. The average Bonchev–Trinajstić information content (AvgIpc) is 3.22. The first kappa shape index (κ1) is 28.9. The van der Waals surface area contributed by atoms with Crippen LogP contribution in [0, 0.1) is 57.2 Å². The van der Waals surface area contributed by atoms with E-state index in [0.717, 1.165) is 22.8 Å². The number of fused-ring (bicyclic) bond motifs is 5. The average molecular weight is 534 g/mol. The van der Waals surface area contributed by atoms with E-state index in [1.807, 2.05) is 0 Å². The van der Waals surface area contributed by atoms with Gasteiger partial charge in [0.15, 0.2) is 0 Å². The van der Waals surface area contributed by atoms with Crippen LogP contribution < -0.4 is 5.32 Å². The van der Waals surface area contributed by atoms with E-state index >= 15 is 0 Å². The van der Waals surface area contributed by atoms with Crippen LogP contribution >= 0.6 is 11.6 Å². The van der Waals surface area contributed by atoms with Crippen LogP contribution in [0.25, 0.3) is 0 Å². The minimum absolute atomic E-state index is 0.143. The number of amides is 2. The Hall–Kier alpha value is -1.10. The molecule has 0 saturated heterocycles. The Labute approximate surface area is 230 Å². The smallest absolute Gasteiger partial charge is 0.336 e. The van der Waals surface area contributed by atoms with Gasteiger partial charge >= 0.3 is 6.03 Å². The quantitative estimate of drug-likeness (QED) is 0.132. The molecule has 0 aliphatic heterocycles. The molecule has 3 saturated carbocycles. The monoisotopic (exact) mass is 533 g/mol. The summed E-state index contributed by atoms with van der Waals surface area (Å²) in [6.07, 6.45) is 17.1. The zero-order chi connectivity index (χ0) is 26.8. The van der Waals surface area contributed by atoms with Crippen molar-refractivity contribution in [2.24, 2.45) is 57.5 Å². The molecule has 0 bridgehead atoms. The number of alkyl halides is 1. The molecule has 4 aliphatic carbocycles. The van der Waals surface area contributed by atoms with E-state index in [1.165, 1.54) is 70.6 Å². The van der Waals surface area contributed by atoms with Crippen molar-refractivity contribution < 1.29 is 4.79 Å². The lowest BCUT2D eigenvalue weighted by Gasteiger charge is -2.60. The molecule has 1 N–H and O–H groups in total. The molecule has 0 heterocycles. The number of nitrogens with zero attached hydrogens (tertiary/aromatic N) is 2. The fraction of sp³-hybridized carbons (Fsp3) is 0.903. The summed E-state index contributed by atoms with van der Waals surface area (Å²) in [5.41, 5.74) is 2.36. The highest BCUT2D eigenvalue weighted by Crippen LogP contribution is 2.68. The van der Waals surface area contributed by atoms with Crippen LogP contribution in [0.15, 0.2) is 16.9 Å². The summed E-state index contributed by atoms with van der Waals surface area (Å²) < 4.78 is 0. The number of hydrogen-bond acceptors (Lipinski definition) is 3. The Balaban J connectivity index is 1.57. The van der Waals surface area contributed by atoms with Gasteiger partial charge in [0.05, 0.1) is 11.8 Å². The molecule has 4 rings (SSSR count). The second-order valence-electron chi connectivity index (χ2n) is 13.9. The Kier molecular flexibility index (Phi) is 9.34. The van der Waals surface area contributed by atoms with Gasteiger partial charge in [-0.05, 0) is 97.2 Å². The van der Waals surface area contributed by atoms with Crippen molar-refractivity contribution >= 4 is 17.6 Å². The molecule has 0 radical (unpaired) electrons. The molecule has 5 nitrogen and oxygen atoms in total. The third-order valence-electron chi connectivity index (χ3n) is 11.5. The molecule has 6 heteroatoms. The van der Waals surface area contributed by atoms with E-state index in [2.05, 4.69) is 51.3 Å². The molecule has 37 heavy (non-hydrogen) atoms. The zero-order valence-electron chi connectivity index (χ0n) is 24.1. The number of nitroso groups, excluding NO2 is 1. The Morgan fingerprint density at radius 1 is 1.14 bits per heavy atom. The summed E-state index contributed by atoms with van der Waals surface area (Å²) in [5, 5.41) is 6.92. The van der Waals surface area contributed by atoms with Crippen molar-refractivity contribution in [3.8, 4) is 0 Å². The van der Waals surface area contributed by atoms with Crippen molar-refractivity contribution in [2.45, 2.75) is 105 Å². The highest BCUT2D eigenvalue weighted by atomic mass is 35.5. The zero-order valence-corrected chi connectivity index (χ0v) is 24.9. The van der Waals surface area contributed by atoms with Gasteiger partial charge in [-0.3, -0.25) is 0 Å². The lowest BCUT2D eigenvalue weighted by Crippen LogP contribution is -2.54. The minimum Gasteiger partial charge on any atom is -0.336 e. The van der Waals surface area contributed by atoms with Gasteiger partial charge < -0.3 is 5.32 Å². The van der Waals surface area contributed by atoms with Crippen LogP contribution in [0.2, 0.25) is 0 Å². The molecule has 210 valence electrons. The largest absolute Gasteiger partial charge is 0.340 e. The summed E-state index contributed by atoms with van der Waals surface area (Å²) in [6, 6.07) is -0.413. The maximum Gasteiger partial charge on any atom is 0.340 e. The molecule has 2 amide bonds. The van der Waals surface area contributed by atoms with Gasteiger partial charge in [0.1, 0.15) is 0 Å². The Bertz CT molecular complexity index is 846. The Morgan fingerprint density at radius 3 is 2.62 bits per heavy atom. The van der Waals surface area contributed by atoms with E-state index in [1.54, 1.807) is 5.57 Å². The van der Waals surface area contributed by atoms with E-state index in [0.29, 0.717) is 41.0 Å². The molecule has 0 aromatic rings. The summed E-state index contributed by atoms with van der Waals surface area (Å²) in [6.45, 7) is 13.1. The van der Waals surface area contributed by atoms with Gasteiger partial charge in [-0.25, -0.2) is 4.79 Å². The predicted octanol–water partition coefficient (Wildman–Crippen LogP) is 8.58. The fourth-order valence-electron chi connectivity index (χ4n) is 9.63. The van der Waals surface area contributed by atoms with Gasteiger partial charge in [0.25, 0.3) is 0 Å². The number of hydrogen-bond donors (Lipinski definition) is 1. The second kappa shape index (κ2) is 12.0. The third-order valence-corrected chi connectivity index (χ3v) is 11.7. The number of carbonyl (C=O) groups is 1. The number of allylic oxidation sites excluding steroid dienone is 1. The highest BCUT2D eigenvalue weighted by Gasteiger charge is 2.60. The molecule has 3 fully saturated rings. The van der Waals surface area contributed by atoms with E-state index < -0.39 is 6.03 Å². The van der Waals surface area contributed by atoms with Crippen LogP contribution in [0.4, 0.5) is 4.79 Å². The first-order valence-corrected chi connectivity index (χ1v) is 15.8. The van der Waals surface area contributed by atoms with Crippen molar-refractivity contribution in [3.05, 3.63) is 16.6 Å². The summed E-state index contributed by atoms with van der Waals surface area (Å²) in [5.74, 6) is 4.93. The molecule has 0 spiro atoms. The van der Waals surface area contributed by atoms with E-state index in [4.69, 9.17) is 11.6 Å². The van der Waals surface area contributed by atoms with Crippen LogP contribution in [0.3, 0.4) is 0 Å². The van der Waals surface area contributed by atoms with E-state index in [9.17, 15) is 9.70 Å². The molecule has 0 unspecified atom stereocenters. The Morgan fingerprint density at radius 2 is 1.92 bits per heavy atom. The number of halogens is 1.